The number of hydrogen-bond acceptors (Lipinski definition) is 5. The average molecular weight is 387 g/mol. The van der Waals surface area contributed by atoms with Crippen molar-refractivity contribution in [1.29, 1.82) is 0 Å². The van der Waals surface area contributed by atoms with E-state index in [2.05, 4.69) is 14.9 Å². The lowest BCUT2D eigenvalue weighted by Gasteiger charge is -2.32. The first-order valence-corrected chi connectivity index (χ1v) is 9.58. The quantitative estimate of drug-likeness (QED) is 0.828. The molecule has 0 saturated carbocycles. The summed E-state index contributed by atoms with van der Waals surface area (Å²) >= 11 is 5.92. The van der Waals surface area contributed by atoms with Crippen LogP contribution in [0.25, 0.3) is 0 Å². The highest BCUT2D eigenvalue weighted by Crippen LogP contribution is 2.24. The molecule has 0 radical (unpaired) electrons. The van der Waals surface area contributed by atoms with Crippen molar-refractivity contribution in [3.05, 3.63) is 23.0 Å². The number of piperidine rings is 1. The first-order valence-electron chi connectivity index (χ1n) is 7.72. The van der Waals surface area contributed by atoms with E-state index in [-0.39, 0.29) is 16.0 Å². The van der Waals surface area contributed by atoms with Crippen LogP contribution in [0, 0.1) is 6.92 Å². The van der Waals surface area contributed by atoms with E-state index >= 15 is 0 Å². The minimum absolute atomic E-state index is 0.0115. The summed E-state index contributed by atoms with van der Waals surface area (Å²) in [4.78, 5) is 14.4. The fourth-order valence-corrected chi connectivity index (χ4v) is 4.89. The molecule has 25 heavy (non-hydrogen) atoms. The highest BCUT2D eigenvalue weighted by atomic mass is 35.5. The molecule has 3 rings (SSSR count). The smallest absolute Gasteiger partial charge is 0.259 e. The molecule has 9 nitrogen and oxygen atoms in total. The second-order valence-electron chi connectivity index (χ2n) is 5.99. The third-order valence-electron chi connectivity index (χ3n) is 4.09. The number of carbonyl (C=O) groups is 1. The van der Waals surface area contributed by atoms with Gasteiger partial charge in [0, 0.05) is 26.7 Å². The number of amides is 1. The maximum absolute atomic E-state index is 12.8. The second-order valence-corrected chi connectivity index (χ2v) is 8.03. The van der Waals surface area contributed by atoms with Gasteiger partial charge in [0.05, 0.1) is 16.9 Å². The van der Waals surface area contributed by atoms with Crippen LogP contribution in [0.15, 0.2) is 17.3 Å². The molecule has 0 aliphatic carbocycles. The Morgan fingerprint density at radius 2 is 2.04 bits per heavy atom. The molecular formula is C14H19ClN6O3S. The fourth-order valence-electron chi connectivity index (χ4n) is 3.01. The Hall–Kier alpha value is -1.91. The van der Waals surface area contributed by atoms with E-state index in [0.717, 1.165) is 5.69 Å². The van der Waals surface area contributed by atoms with Crippen molar-refractivity contribution in [2.24, 2.45) is 14.1 Å². The molecule has 2 aromatic heterocycles. The van der Waals surface area contributed by atoms with Crippen molar-refractivity contribution < 1.29 is 13.2 Å². The number of halogens is 1. The average Bonchev–Trinajstić information content (AvgIpc) is 3.03. The van der Waals surface area contributed by atoms with Crippen molar-refractivity contribution in [1.82, 2.24) is 24.3 Å². The van der Waals surface area contributed by atoms with Crippen LogP contribution in [0.1, 0.15) is 18.5 Å². The molecule has 11 heteroatoms. The minimum Gasteiger partial charge on any atom is -0.296 e. The third-order valence-corrected chi connectivity index (χ3v) is 6.06. The van der Waals surface area contributed by atoms with Gasteiger partial charge in [0.25, 0.3) is 10.0 Å². The van der Waals surface area contributed by atoms with Gasteiger partial charge in [-0.25, -0.2) is 8.42 Å². The van der Waals surface area contributed by atoms with Crippen LogP contribution in [-0.2, 0) is 28.9 Å². The van der Waals surface area contributed by atoms with Crippen molar-refractivity contribution in [2.75, 3.05) is 11.4 Å². The van der Waals surface area contributed by atoms with Gasteiger partial charge in [-0.15, -0.1) is 0 Å². The summed E-state index contributed by atoms with van der Waals surface area (Å²) in [6.45, 7) is 2.35. The Morgan fingerprint density at radius 1 is 1.32 bits per heavy atom. The Balaban J connectivity index is 1.86. The van der Waals surface area contributed by atoms with Crippen molar-refractivity contribution in [2.45, 2.75) is 30.8 Å². The van der Waals surface area contributed by atoms with Crippen LogP contribution in [0.3, 0.4) is 0 Å². The maximum Gasteiger partial charge on any atom is 0.259 e. The van der Waals surface area contributed by atoms with Crippen LogP contribution >= 0.6 is 11.6 Å². The monoisotopic (exact) mass is 386 g/mol. The van der Waals surface area contributed by atoms with E-state index in [1.54, 1.807) is 22.7 Å². The van der Waals surface area contributed by atoms with Gasteiger partial charge in [-0.05, 0) is 19.8 Å². The largest absolute Gasteiger partial charge is 0.296 e. The van der Waals surface area contributed by atoms with E-state index in [9.17, 15) is 13.2 Å². The molecule has 1 atom stereocenters. The van der Waals surface area contributed by atoms with Gasteiger partial charge in [0.2, 0.25) is 5.91 Å². The molecule has 3 heterocycles. The van der Waals surface area contributed by atoms with E-state index < -0.39 is 16.1 Å². The van der Waals surface area contributed by atoms with Crippen LogP contribution in [-0.4, -0.2) is 46.5 Å². The van der Waals surface area contributed by atoms with E-state index in [1.165, 1.54) is 17.9 Å². The fraction of sp³-hybridized carbons (Fsp3) is 0.500. The van der Waals surface area contributed by atoms with Crippen molar-refractivity contribution in [3.63, 3.8) is 0 Å². The second kappa shape index (κ2) is 6.43. The lowest BCUT2D eigenvalue weighted by molar-refractivity contribution is -0.121. The molecule has 1 aliphatic heterocycles. The van der Waals surface area contributed by atoms with Gasteiger partial charge in [-0.2, -0.15) is 14.9 Å². The first kappa shape index (κ1) is 17.9. The number of aromatic nitrogens is 4. The molecule has 136 valence electrons. The molecule has 2 aromatic rings. The molecule has 0 aromatic carbocycles. The number of nitrogens with one attached hydrogen (secondary N) is 1. The van der Waals surface area contributed by atoms with Gasteiger partial charge < -0.3 is 0 Å². The Morgan fingerprint density at radius 3 is 2.60 bits per heavy atom. The number of aryl methyl sites for hydroxylation is 3. The first-order chi connectivity index (χ1) is 11.7. The maximum atomic E-state index is 12.8. The normalized spacial score (nSPS) is 18.8. The standard InChI is InChI=1S/C14H19ClN6O3S/c1-9-7-12(19(2)17-9)21-6-4-5-11(13(21)22)18-25(23,24)14-10(15)8-16-20(14)3/h7-8,11,18H,4-6H2,1-3H3/t11-/m0/s1. The summed E-state index contributed by atoms with van der Waals surface area (Å²) in [5, 5.41) is 7.92. The molecule has 1 saturated heterocycles. The highest BCUT2D eigenvalue weighted by Gasteiger charge is 2.35. The molecule has 1 aliphatic rings. The lowest BCUT2D eigenvalue weighted by Crippen LogP contribution is -2.53. The summed E-state index contributed by atoms with van der Waals surface area (Å²) in [5.74, 6) is 0.334. The van der Waals surface area contributed by atoms with Gasteiger partial charge >= 0.3 is 0 Å². The van der Waals surface area contributed by atoms with Crippen LogP contribution in [0.4, 0.5) is 5.82 Å². The molecule has 1 fully saturated rings. The van der Waals surface area contributed by atoms with Crippen molar-refractivity contribution in [3.8, 4) is 0 Å². The minimum atomic E-state index is -3.97. The Bertz CT molecular complexity index is 900. The number of nitrogens with zero attached hydrogens (tertiary/aromatic N) is 5. The summed E-state index contributed by atoms with van der Waals surface area (Å²) < 4.78 is 30.5. The van der Waals surface area contributed by atoms with Crippen LogP contribution in [0.5, 0.6) is 0 Å². The van der Waals surface area contributed by atoms with Gasteiger partial charge in [-0.1, -0.05) is 11.6 Å². The number of carbonyl (C=O) groups excluding carboxylic acids is 1. The van der Waals surface area contributed by atoms with Crippen LogP contribution < -0.4 is 9.62 Å². The topological polar surface area (TPSA) is 102 Å². The van der Waals surface area contributed by atoms with Gasteiger partial charge in [0.1, 0.15) is 11.9 Å². The zero-order valence-corrected chi connectivity index (χ0v) is 15.7. The molecule has 1 N–H and O–H groups in total. The molecule has 0 bridgehead atoms. The summed E-state index contributed by atoms with van der Waals surface area (Å²) in [5.41, 5.74) is 0.787. The molecular weight excluding hydrogens is 368 g/mol. The Kier molecular flexibility index (Phi) is 4.60. The van der Waals surface area contributed by atoms with Crippen molar-refractivity contribution >= 4 is 33.3 Å². The zero-order chi connectivity index (χ0) is 18.4. The van der Waals surface area contributed by atoms with Gasteiger partial charge in [-0.3, -0.25) is 19.1 Å². The van der Waals surface area contributed by atoms with E-state index in [4.69, 9.17) is 11.6 Å². The van der Waals surface area contributed by atoms with Crippen LogP contribution in [0.2, 0.25) is 5.02 Å². The number of anilines is 1. The predicted octanol–water partition coefficient (Wildman–Crippen LogP) is 0.589. The third kappa shape index (κ3) is 3.29. The number of sulfonamides is 1. The zero-order valence-electron chi connectivity index (χ0n) is 14.1. The lowest BCUT2D eigenvalue weighted by atomic mass is 10.1. The number of rotatable bonds is 4. The number of hydrogen-bond donors (Lipinski definition) is 1. The highest BCUT2D eigenvalue weighted by molar-refractivity contribution is 7.89. The SMILES string of the molecule is Cc1cc(N2CCC[C@H](NS(=O)(=O)c3c(Cl)cnn3C)C2=O)n(C)n1. The summed E-state index contributed by atoms with van der Waals surface area (Å²) in [7, 11) is -0.744. The predicted molar refractivity (Wildman–Crippen MR) is 91.9 cm³/mol. The van der Waals surface area contributed by atoms with E-state index in [0.29, 0.717) is 25.2 Å². The van der Waals surface area contributed by atoms with E-state index in [1.807, 2.05) is 6.92 Å². The molecule has 1 amide bonds. The Labute approximate surface area is 150 Å². The summed E-state index contributed by atoms with van der Waals surface area (Å²) in [6, 6.07) is 0.937. The molecule has 0 unspecified atom stereocenters. The summed E-state index contributed by atoms with van der Waals surface area (Å²) in [6.07, 6.45) is 2.34. The van der Waals surface area contributed by atoms with Gasteiger partial charge in [0.15, 0.2) is 5.03 Å². The molecule has 0 spiro atoms.